The van der Waals surface area contributed by atoms with Gasteiger partial charge in [-0.05, 0) is 50.6 Å². The first-order chi connectivity index (χ1) is 12.3. The lowest BCUT2D eigenvalue weighted by molar-refractivity contribution is -0.119. The number of aromatic nitrogens is 1. The number of aromatic amines is 1. The highest BCUT2D eigenvalue weighted by molar-refractivity contribution is 6.00. The quantitative estimate of drug-likeness (QED) is 0.770. The van der Waals surface area contributed by atoms with Crippen LogP contribution >= 0.6 is 0 Å². The van der Waals surface area contributed by atoms with E-state index < -0.39 is 30.3 Å². The number of rotatable bonds is 6. The molecule has 2 aromatic rings. The summed E-state index contributed by atoms with van der Waals surface area (Å²) in [6.45, 7) is 4.57. The Morgan fingerprint density at radius 1 is 1.08 bits per heavy atom. The largest absolute Gasteiger partial charge is 0.461 e. The highest BCUT2D eigenvalue weighted by Gasteiger charge is 2.24. The second-order valence-electron chi connectivity index (χ2n) is 5.48. The predicted octanol–water partition coefficient (Wildman–Crippen LogP) is 2.74. The van der Waals surface area contributed by atoms with Crippen LogP contribution in [0.25, 0.3) is 0 Å². The standard InChI is InChI=1S/C18H19FN2O5/c1-4-25-18(24)16-10(2)15(11(3)20-16)17(23)26-9-14(22)21-13-7-5-12(19)6-8-13/h5-8,20H,4,9H2,1-3H3,(H,21,22). The minimum absolute atomic E-state index is 0.173. The first-order valence-electron chi connectivity index (χ1n) is 7.92. The van der Waals surface area contributed by atoms with Crippen LogP contribution in [0.3, 0.4) is 0 Å². The van der Waals surface area contributed by atoms with Crippen LogP contribution < -0.4 is 5.32 Å². The van der Waals surface area contributed by atoms with E-state index in [4.69, 9.17) is 9.47 Å². The highest BCUT2D eigenvalue weighted by atomic mass is 19.1. The van der Waals surface area contributed by atoms with Gasteiger partial charge in [0.2, 0.25) is 0 Å². The van der Waals surface area contributed by atoms with Crippen molar-refractivity contribution in [3.8, 4) is 0 Å². The molecule has 1 aromatic carbocycles. The lowest BCUT2D eigenvalue weighted by Gasteiger charge is -2.07. The van der Waals surface area contributed by atoms with Gasteiger partial charge >= 0.3 is 11.9 Å². The Balaban J connectivity index is 2.00. The van der Waals surface area contributed by atoms with E-state index in [-0.39, 0.29) is 17.9 Å². The zero-order chi connectivity index (χ0) is 19.3. The minimum atomic E-state index is -0.735. The average Bonchev–Trinajstić information content (AvgIpc) is 2.90. The van der Waals surface area contributed by atoms with Crippen LogP contribution in [-0.2, 0) is 14.3 Å². The number of hydrogen-bond donors (Lipinski definition) is 2. The SMILES string of the molecule is CCOC(=O)c1[nH]c(C)c(C(=O)OCC(=O)Nc2ccc(F)cc2)c1C. The van der Waals surface area contributed by atoms with E-state index in [9.17, 15) is 18.8 Å². The Kier molecular flexibility index (Phi) is 6.11. The Morgan fingerprint density at radius 3 is 2.35 bits per heavy atom. The number of ether oxygens (including phenoxy) is 2. The van der Waals surface area contributed by atoms with Gasteiger partial charge in [-0.15, -0.1) is 0 Å². The van der Waals surface area contributed by atoms with Crippen LogP contribution in [0, 0.1) is 19.7 Å². The molecule has 0 bridgehead atoms. The zero-order valence-corrected chi connectivity index (χ0v) is 14.6. The normalized spacial score (nSPS) is 10.3. The summed E-state index contributed by atoms with van der Waals surface area (Å²) in [6.07, 6.45) is 0. The number of halogens is 1. The van der Waals surface area contributed by atoms with Gasteiger partial charge in [0, 0.05) is 11.4 Å². The van der Waals surface area contributed by atoms with Crippen molar-refractivity contribution in [1.82, 2.24) is 4.98 Å². The number of carbonyl (C=O) groups excluding carboxylic acids is 3. The van der Waals surface area contributed by atoms with Crippen LogP contribution in [-0.4, -0.2) is 36.0 Å². The van der Waals surface area contributed by atoms with Gasteiger partial charge in [-0.2, -0.15) is 0 Å². The summed E-state index contributed by atoms with van der Waals surface area (Å²) in [5.74, 6) is -2.30. The molecule has 1 amide bonds. The van der Waals surface area contributed by atoms with Crippen molar-refractivity contribution in [2.45, 2.75) is 20.8 Å². The van der Waals surface area contributed by atoms with Crippen molar-refractivity contribution < 1.29 is 28.2 Å². The van der Waals surface area contributed by atoms with Crippen molar-refractivity contribution in [1.29, 1.82) is 0 Å². The first-order valence-corrected chi connectivity index (χ1v) is 7.92. The molecule has 8 heteroatoms. The van der Waals surface area contributed by atoms with Crippen molar-refractivity contribution >= 4 is 23.5 Å². The van der Waals surface area contributed by atoms with E-state index in [0.717, 1.165) is 0 Å². The third-order valence-electron chi connectivity index (χ3n) is 3.58. The van der Waals surface area contributed by atoms with Crippen LogP contribution in [0.1, 0.15) is 39.0 Å². The monoisotopic (exact) mass is 362 g/mol. The molecule has 7 nitrogen and oxygen atoms in total. The highest BCUT2D eigenvalue weighted by Crippen LogP contribution is 2.20. The molecule has 0 atom stereocenters. The molecule has 2 N–H and O–H groups in total. The van der Waals surface area contributed by atoms with E-state index in [0.29, 0.717) is 16.9 Å². The van der Waals surface area contributed by atoms with Gasteiger partial charge in [0.25, 0.3) is 5.91 Å². The molecule has 0 spiro atoms. The van der Waals surface area contributed by atoms with Gasteiger partial charge in [-0.25, -0.2) is 14.0 Å². The van der Waals surface area contributed by atoms with Crippen molar-refractivity contribution in [2.24, 2.45) is 0 Å². The lowest BCUT2D eigenvalue weighted by atomic mass is 10.1. The van der Waals surface area contributed by atoms with Gasteiger partial charge in [-0.3, -0.25) is 4.79 Å². The molecule has 1 aromatic heterocycles. The molecule has 0 aliphatic carbocycles. The fraction of sp³-hybridized carbons (Fsp3) is 0.278. The van der Waals surface area contributed by atoms with Crippen LogP contribution in [0.5, 0.6) is 0 Å². The number of benzene rings is 1. The molecule has 0 fully saturated rings. The number of anilines is 1. The van der Waals surface area contributed by atoms with Crippen LogP contribution in [0.15, 0.2) is 24.3 Å². The Hall–Kier alpha value is -3.16. The summed E-state index contributed by atoms with van der Waals surface area (Å²) in [7, 11) is 0. The molecule has 0 aliphatic rings. The molecule has 1 heterocycles. The third-order valence-corrected chi connectivity index (χ3v) is 3.58. The van der Waals surface area contributed by atoms with E-state index in [2.05, 4.69) is 10.3 Å². The maximum atomic E-state index is 12.8. The van der Waals surface area contributed by atoms with Gasteiger partial charge < -0.3 is 19.8 Å². The second-order valence-corrected chi connectivity index (χ2v) is 5.48. The number of nitrogens with one attached hydrogen (secondary N) is 2. The topological polar surface area (TPSA) is 97.5 Å². The summed E-state index contributed by atoms with van der Waals surface area (Å²) < 4.78 is 22.8. The Bertz CT molecular complexity index is 827. The maximum Gasteiger partial charge on any atom is 0.355 e. The summed E-state index contributed by atoms with van der Waals surface area (Å²) in [5.41, 5.74) is 1.57. The summed E-state index contributed by atoms with van der Waals surface area (Å²) in [6, 6.07) is 5.18. The lowest BCUT2D eigenvalue weighted by Crippen LogP contribution is -2.21. The zero-order valence-electron chi connectivity index (χ0n) is 14.6. The van der Waals surface area contributed by atoms with Crippen molar-refractivity contribution in [2.75, 3.05) is 18.5 Å². The van der Waals surface area contributed by atoms with E-state index in [1.165, 1.54) is 24.3 Å². The van der Waals surface area contributed by atoms with Gasteiger partial charge in [-0.1, -0.05) is 0 Å². The Labute approximate surface area is 149 Å². The van der Waals surface area contributed by atoms with Gasteiger partial charge in [0.15, 0.2) is 6.61 Å². The third kappa shape index (κ3) is 4.47. The smallest absolute Gasteiger partial charge is 0.355 e. The van der Waals surface area contributed by atoms with Gasteiger partial charge in [0.05, 0.1) is 12.2 Å². The molecule has 26 heavy (non-hydrogen) atoms. The van der Waals surface area contributed by atoms with E-state index >= 15 is 0 Å². The molecule has 0 aliphatic heterocycles. The fourth-order valence-corrected chi connectivity index (χ4v) is 2.40. The second kappa shape index (κ2) is 8.28. The summed E-state index contributed by atoms with van der Waals surface area (Å²) >= 11 is 0. The summed E-state index contributed by atoms with van der Waals surface area (Å²) in [4.78, 5) is 38.7. The van der Waals surface area contributed by atoms with Crippen LogP contribution in [0.4, 0.5) is 10.1 Å². The molecule has 138 valence electrons. The molecular weight excluding hydrogens is 343 g/mol. The molecular formula is C18H19FN2O5. The van der Waals surface area contributed by atoms with Gasteiger partial charge in [0.1, 0.15) is 11.5 Å². The molecule has 2 rings (SSSR count). The number of hydrogen-bond acceptors (Lipinski definition) is 5. The number of esters is 2. The minimum Gasteiger partial charge on any atom is -0.461 e. The van der Waals surface area contributed by atoms with Crippen molar-refractivity contribution in [3.05, 3.63) is 52.6 Å². The van der Waals surface area contributed by atoms with E-state index in [1.807, 2.05) is 0 Å². The fourth-order valence-electron chi connectivity index (χ4n) is 2.40. The maximum absolute atomic E-state index is 12.8. The first kappa shape index (κ1) is 19.2. The average molecular weight is 362 g/mol. The predicted molar refractivity (Wildman–Crippen MR) is 91.5 cm³/mol. The number of carbonyl (C=O) groups is 3. The number of aryl methyl sites for hydroxylation is 1. The molecule has 0 saturated heterocycles. The van der Waals surface area contributed by atoms with Crippen LogP contribution in [0.2, 0.25) is 0 Å². The van der Waals surface area contributed by atoms with E-state index in [1.54, 1.807) is 20.8 Å². The molecule has 0 unspecified atom stereocenters. The number of amides is 1. The van der Waals surface area contributed by atoms with Crippen molar-refractivity contribution in [3.63, 3.8) is 0 Å². The molecule has 0 radical (unpaired) electrons. The summed E-state index contributed by atoms with van der Waals surface area (Å²) in [5, 5.41) is 2.48. The number of H-pyrrole nitrogens is 1. The molecule has 0 saturated carbocycles. The Morgan fingerprint density at radius 2 is 1.73 bits per heavy atom.